The van der Waals surface area contributed by atoms with Crippen LogP contribution in [0.4, 0.5) is 4.79 Å². The van der Waals surface area contributed by atoms with Crippen LogP contribution < -0.4 is 0 Å². The van der Waals surface area contributed by atoms with Crippen molar-refractivity contribution in [1.29, 1.82) is 0 Å². The van der Waals surface area contributed by atoms with Gasteiger partial charge in [0, 0.05) is 42.6 Å². The average molecular weight is 516 g/mol. The summed E-state index contributed by atoms with van der Waals surface area (Å²) in [5.41, 5.74) is 2.93. The number of imide groups is 1. The minimum atomic E-state index is -0.835. The zero-order valence-corrected chi connectivity index (χ0v) is 23.3. The number of aromatic nitrogens is 2. The number of rotatable bonds is 6. The molecule has 3 heterocycles. The Balaban J connectivity index is 1.51. The number of hydrogen-bond donors (Lipinski definition) is 0. The van der Waals surface area contributed by atoms with Gasteiger partial charge in [0.05, 0.1) is 5.41 Å². The highest BCUT2D eigenvalue weighted by molar-refractivity contribution is 6.01. The van der Waals surface area contributed by atoms with Gasteiger partial charge in [-0.2, -0.15) is 0 Å². The number of aryl methyl sites for hydroxylation is 2. The van der Waals surface area contributed by atoms with E-state index in [1.807, 2.05) is 32.9 Å². The van der Waals surface area contributed by atoms with Crippen molar-refractivity contribution >= 4 is 22.9 Å². The number of amides is 2. The van der Waals surface area contributed by atoms with Crippen molar-refractivity contribution in [1.82, 2.24) is 14.5 Å². The summed E-state index contributed by atoms with van der Waals surface area (Å²) in [7, 11) is 0. The third kappa shape index (κ3) is 5.36. The fourth-order valence-electron chi connectivity index (χ4n) is 6.40. The summed E-state index contributed by atoms with van der Waals surface area (Å²) in [6.07, 6.45) is 14.3. The Kier molecular flexibility index (Phi) is 7.34. The van der Waals surface area contributed by atoms with E-state index >= 15 is 0 Å². The number of likely N-dealkylation sites (tertiary alicyclic amines) is 1. The quantitative estimate of drug-likeness (QED) is 0.356. The molecule has 1 saturated carbocycles. The monoisotopic (exact) mass is 515 g/mol. The first-order chi connectivity index (χ1) is 18.2. The van der Waals surface area contributed by atoms with E-state index in [0.717, 1.165) is 23.6 Å². The second-order valence-electron chi connectivity index (χ2n) is 12.3. The predicted octanol–water partition coefficient (Wildman–Crippen LogP) is 6.96. The van der Waals surface area contributed by atoms with Gasteiger partial charge in [-0.3, -0.25) is 9.78 Å². The van der Waals surface area contributed by atoms with E-state index in [1.165, 1.54) is 59.9 Å². The molecule has 1 aliphatic carbocycles. The zero-order chi connectivity index (χ0) is 26.9. The molecule has 5 rings (SSSR count). The van der Waals surface area contributed by atoms with Gasteiger partial charge < -0.3 is 9.30 Å². The van der Waals surface area contributed by atoms with Crippen LogP contribution in [0.15, 0.2) is 48.9 Å². The maximum absolute atomic E-state index is 14.1. The predicted molar refractivity (Wildman–Crippen MR) is 150 cm³/mol. The first-order valence-corrected chi connectivity index (χ1v) is 14.2. The zero-order valence-electron chi connectivity index (χ0n) is 23.3. The fourth-order valence-corrected chi connectivity index (χ4v) is 6.40. The van der Waals surface area contributed by atoms with Gasteiger partial charge in [-0.25, -0.2) is 9.69 Å². The highest BCUT2D eigenvalue weighted by atomic mass is 16.6. The lowest BCUT2D eigenvalue weighted by molar-refractivity contribution is -0.131. The van der Waals surface area contributed by atoms with Gasteiger partial charge in [-0.1, -0.05) is 44.2 Å². The van der Waals surface area contributed by atoms with E-state index in [4.69, 9.17) is 4.74 Å². The van der Waals surface area contributed by atoms with Crippen molar-refractivity contribution in [3.8, 4) is 0 Å². The lowest BCUT2D eigenvalue weighted by atomic mass is 9.74. The molecule has 202 valence electrons. The SMILES string of the molecule is Cc1cn(CCC2CCCCC2)c2cc(C3(Cc4ccncc4)CCN(C(=O)OC(C)(C)C)C3=O)ccc12. The van der Waals surface area contributed by atoms with E-state index < -0.39 is 17.1 Å². The summed E-state index contributed by atoms with van der Waals surface area (Å²) in [5, 5.41) is 1.23. The number of hydrogen-bond acceptors (Lipinski definition) is 4. The number of pyridine rings is 1. The molecule has 2 aromatic heterocycles. The summed E-state index contributed by atoms with van der Waals surface area (Å²) in [5.74, 6) is 0.626. The van der Waals surface area contributed by atoms with Crippen LogP contribution in [0.5, 0.6) is 0 Å². The maximum Gasteiger partial charge on any atom is 0.417 e. The minimum absolute atomic E-state index is 0.181. The summed E-state index contributed by atoms with van der Waals surface area (Å²) in [4.78, 5) is 32.6. The Bertz CT molecular complexity index is 1300. The molecule has 2 fully saturated rings. The van der Waals surface area contributed by atoms with Gasteiger partial charge in [-0.05, 0) is 87.8 Å². The molecule has 3 aromatic rings. The Hall–Kier alpha value is -3.15. The average Bonchev–Trinajstić information content (AvgIpc) is 3.39. The molecular formula is C32H41N3O3. The van der Waals surface area contributed by atoms with Crippen LogP contribution in [0.1, 0.15) is 82.4 Å². The Morgan fingerprint density at radius 1 is 1.11 bits per heavy atom. The van der Waals surface area contributed by atoms with Crippen LogP contribution in [-0.2, 0) is 27.9 Å². The van der Waals surface area contributed by atoms with E-state index in [1.54, 1.807) is 12.4 Å². The highest BCUT2D eigenvalue weighted by Gasteiger charge is 2.51. The number of nitrogens with zero attached hydrogens (tertiary/aromatic N) is 3. The standard InChI is InChI=1S/C32H41N3O3/c1-23-22-34(18-14-24-8-6-5-7-9-24)28-20-26(10-11-27(23)28)32(21-25-12-16-33-17-13-25)15-19-35(29(32)36)30(37)38-31(2,3)4/h10-13,16-17,20,22,24H,5-9,14-15,18-19,21H2,1-4H3. The molecule has 6 heteroatoms. The molecule has 1 atom stereocenters. The molecule has 1 saturated heterocycles. The largest absolute Gasteiger partial charge is 0.443 e. The molecule has 2 aliphatic rings. The van der Waals surface area contributed by atoms with Crippen LogP contribution in [0.25, 0.3) is 10.9 Å². The highest BCUT2D eigenvalue weighted by Crippen LogP contribution is 2.41. The van der Waals surface area contributed by atoms with E-state index in [0.29, 0.717) is 19.4 Å². The molecule has 0 radical (unpaired) electrons. The second kappa shape index (κ2) is 10.5. The van der Waals surface area contributed by atoms with Crippen LogP contribution in [0, 0.1) is 12.8 Å². The first-order valence-electron chi connectivity index (χ1n) is 14.2. The molecule has 1 aromatic carbocycles. The minimum Gasteiger partial charge on any atom is -0.443 e. The van der Waals surface area contributed by atoms with Gasteiger partial charge in [-0.15, -0.1) is 0 Å². The smallest absolute Gasteiger partial charge is 0.417 e. The lowest BCUT2D eigenvalue weighted by Gasteiger charge is -2.29. The Morgan fingerprint density at radius 2 is 1.84 bits per heavy atom. The molecule has 0 bridgehead atoms. The van der Waals surface area contributed by atoms with Crippen molar-refractivity contribution < 1.29 is 14.3 Å². The number of carbonyl (C=O) groups is 2. The van der Waals surface area contributed by atoms with Gasteiger partial charge in [0.15, 0.2) is 0 Å². The van der Waals surface area contributed by atoms with E-state index in [2.05, 4.69) is 40.9 Å². The van der Waals surface area contributed by atoms with Crippen LogP contribution >= 0.6 is 0 Å². The number of benzene rings is 1. The topological polar surface area (TPSA) is 64.4 Å². The summed E-state index contributed by atoms with van der Waals surface area (Å²) in [6.45, 7) is 8.98. The maximum atomic E-state index is 14.1. The Morgan fingerprint density at radius 3 is 2.55 bits per heavy atom. The van der Waals surface area contributed by atoms with Gasteiger partial charge in [0.25, 0.3) is 0 Å². The van der Waals surface area contributed by atoms with Crippen molar-refractivity contribution in [2.45, 2.75) is 96.6 Å². The fraction of sp³-hybridized carbons (Fsp3) is 0.531. The van der Waals surface area contributed by atoms with Gasteiger partial charge >= 0.3 is 6.09 Å². The second-order valence-corrected chi connectivity index (χ2v) is 12.3. The van der Waals surface area contributed by atoms with Crippen LogP contribution in [0.2, 0.25) is 0 Å². The van der Waals surface area contributed by atoms with E-state index in [-0.39, 0.29) is 5.91 Å². The van der Waals surface area contributed by atoms with Crippen molar-refractivity contribution in [2.75, 3.05) is 6.54 Å². The third-order valence-corrected chi connectivity index (χ3v) is 8.42. The molecule has 1 aliphatic heterocycles. The van der Waals surface area contributed by atoms with Crippen molar-refractivity contribution in [2.24, 2.45) is 5.92 Å². The van der Waals surface area contributed by atoms with Gasteiger partial charge in [0.2, 0.25) is 5.91 Å². The lowest BCUT2D eigenvalue weighted by Crippen LogP contribution is -2.44. The number of fused-ring (bicyclic) bond motifs is 1. The first kappa shape index (κ1) is 26.5. The normalized spacial score (nSPS) is 20.8. The van der Waals surface area contributed by atoms with E-state index in [9.17, 15) is 9.59 Å². The molecule has 6 nitrogen and oxygen atoms in total. The third-order valence-electron chi connectivity index (χ3n) is 8.42. The molecule has 0 spiro atoms. The summed E-state index contributed by atoms with van der Waals surface area (Å²) in [6, 6.07) is 10.4. The van der Waals surface area contributed by atoms with Crippen molar-refractivity contribution in [3.05, 3.63) is 65.6 Å². The van der Waals surface area contributed by atoms with Gasteiger partial charge in [0.1, 0.15) is 5.60 Å². The molecule has 38 heavy (non-hydrogen) atoms. The Labute approximate surface area is 226 Å². The molecule has 2 amide bonds. The number of carbonyl (C=O) groups excluding carboxylic acids is 2. The van der Waals surface area contributed by atoms with Crippen LogP contribution in [-0.4, -0.2) is 38.6 Å². The molecular weight excluding hydrogens is 474 g/mol. The van der Waals surface area contributed by atoms with Crippen LogP contribution in [0.3, 0.4) is 0 Å². The molecule has 1 unspecified atom stereocenters. The summed E-state index contributed by atoms with van der Waals surface area (Å²) < 4.78 is 7.99. The van der Waals surface area contributed by atoms with Crippen molar-refractivity contribution in [3.63, 3.8) is 0 Å². The molecule has 0 N–H and O–H groups in total. The number of ether oxygens (including phenoxy) is 1. The summed E-state index contributed by atoms with van der Waals surface area (Å²) >= 11 is 0.